The Hall–Kier alpha value is -2.54. The van der Waals surface area contributed by atoms with Crippen molar-refractivity contribution in [2.24, 2.45) is 0 Å². The molecule has 0 bridgehead atoms. The predicted octanol–water partition coefficient (Wildman–Crippen LogP) is 3.02. The maximum atomic E-state index is 12.6. The van der Waals surface area contributed by atoms with Gasteiger partial charge in [0.1, 0.15) is 11.5 Å². The van der Waals surface area contributed by atoms with E-state index in [-0.39, 0.29) is 17.2 Å². The molecule has 0 atom stereocenters. The Labute approximate surface area is 142 Å². The predicted molar refractivity (Wildman–Crippen MR) is 89.6 cm³/mol. The Bertz CT molecular complexity index is 794. The maximum Gasteiger partial charge on any atom is 0.307 e. The van der Waals surface area contributed by atoms with Gasteiger partial charge in [0.05, 0.1) is 25.6 Å². The smallest absolute Gasteiger partial charge is 0.307 e. The molecule has 0 N–H and O–H groups in total. The van der Waals surface area contributed by atoms with Gasteiger partial charge in [-0.25, -0.2) is 0 Å². The molecule has 126 valence electrons. The molecule has 3 rings (SSSR count). The lowest BCUT2D eigenvalue weighted by molar-refractivity contribution is -0.133. The van der Waals surface area contributed by atoms with E-state index >= 15 is 0 Å². The number of hydrogen-bond acceptors (Lipinski definition) is 5. The minimum atomic E-state index is -0.0553. The van der Waals surface area contributed by atoms with Crippen molar-refractivity contribution in [3.05, 3.63) is 69.1 Å². The van der Waals surface area contributed by atoms with E-state index in [0.29, 0.717) is 31.2 Å². The average Bonchev–Trinajstić information content (AvgIpc) is 3.30. The summed E-state index contributed by atoms with van der Waals surface area (Å²) in [6.45, 7) is 2.97. The van der Waals surface area contributed by atoms with Gasteiger partial charge in [0, 0.05) is 24.0 Å². The summed E-state index contributed by atoms with van der Waals surface area (Å²) in [4.78, 5) is 26.0. The van der Waals surface area contributed by atoms with Gasteiger partial charge in [0.25, 0.3) is 0 Å². The quantitative estimate of drug-likeness (QED) is 0.659. The molecule has 0 radical (unpaired) electrons. The molecule has 24 heavy (non-hydrogen) atoms. The zero-order chi connectivity index (χ0) is 16.9. The minimum Gasteiger partial charge on any atom is -0.467 e. The number of nitrogens with zero attached hydrogens (tertiary/aromatic N) is 2. The van der Waals surface area contributed by atoms with Gasteiger partial charge in [-0.15, -0.1) is 0 Å². The summed E-state index contributed by atoms with van der Waals surface area (Å²) < 4.78 is 12.3. The Morgan fingerprint density at radius 2 is 1.79 bits per heavy atom. The first-order valence-corrected chi connectivity index (χ1v) is 8.49. The first-order chi connectivity index (χ1) is 11.6. The van der Waals surface area contributed by atoms with Gasteiger partial charge in [0.2, 0.25) is 5.91 Å². The summed E-state index contributed by atoms with van der Waals surface area (Å²) >= 11 is 1.15. The van der Waals surface area contributed by atoms with Gasteiger partial charge in [-0.05, 0) is 31.2 Å². The Morgan fingerprint density at radius 1 is 1.17 bits per heavy atom. The second kappa shape index (κ2) is 7.35. The van der Waals surface area contributed by atoms with Gasteiger partial charge >= 0.3 is 4.87 Å². The summed E-state index contributed by atoms with van der Waals surface area (Å²) in [6.07, 6.45) is 3.41. The van der Waals surface area contributed by atoms with Crippen LogP contribution in [-0.4, -0.2) is 15.4 Å². The number of aryl methyl sites for hydroxylation is 1. The first kappa shape index (κ1) is 16.3. The molecule has 7 heteroatoms. The molecule has 0 spiro atoms. The van der Waals surface area contributed by atoms with E-state index in [0.717, 1.165) is 17.0 Å². The van der Waals surface area contributed by atoms with Crippen LogP contribution in [0.25, 0.3) is 0 Å². The molecule has 0 aromatic carbocycles. The Kier molecular flexibility index (Phi) is 5.00. The van der Waals surface area contributed by atoms with Crippen LogP contribution in [0, 0.1) is 6.92 Å². The average molecular weight is 346 g/mol. The van der Waals surface area contributed by atoms with Crippen molar-refractivity contribution in [3.8, 4) is 0 Å². The molecule has 0 saturated carbocycles. The standard InChI is InChI=1S/C17H18N2O4S/c1-13-12-24-17(21)19(13)7-6-16(20)18(10-14-4-2-8-22-14)11-15-5-3-9-23-15/h2-5,8-9,12H,6-7,10-11H2,1H3. The van der Waals surface area contributed by atoms with Crippen LogP contribution in [0.3, 0.4) is 0 Å². The molecule has 0 aliphatic carbocycles. The number of carbonyl (C=O) groups excluding carboxylic acids is 1. The fraction of sp³-hybridized carbons (Fsp3) is 0.294. The summed E-state index contributed by atoms with van der Waals surface area (Å²) in [5.41, 5.74) is 0.876. The largest absolute Gasteiger partial charge is 0.467 e. The lowest BCUT2D eigenvalue weighted by Gasteiger charge is -2.21. The van der Waals surface area contributed by atoms with Gasteiger partial charge in [0.15, 0.2) is 0 Å². The highest BCUT2D eigenvalue weighted by molar-refractivity contribution is 7.07. The Morgan fingerprint density at radius 3 is 2.25 bits per heavy atom. The van der Waals surface area contributed by atoms with Crippen LogP contribution in [0.1, 0.15) is 23.6 Å². The monoisotopic (exact) mass is 346 g/mol. The molecule has 3 heterocycles. The number of amides is 1. The highest BCUT2D eigenvalue weighted by Crippen LogP contribution is 2.13. The van der Waals surface area contributed by atoms with Crippen molar-refractivity contribution in [2.45, 2.75) is 33.0 Å². The molecular weight excluding hydrogens is 328 g/mol. The van der Waals surface area contributed by atoms with Crippen LogP contribution in [-0.2, 0) is 24.4 Å². The lowest BCUT2D eigenvalue weighted by atomic mass is 10.3. The van der Waals surface area contributed by atoms with Crippen molar-refractivity contribution in [1.82, 2.24) is 9.47 Å². The zero-order valence-electron chi connectivity index (χ0n) is 13.3. The molecule has 0 fully saturated rings. The van der Waals surface area contributed by atoms with E-state index in [4.69, 9.17) is 8.83 Å². The summed E-state index contributed by atoms with van der Waals surface area (Å²) in [5, 5.41) is 1.80. The van der Waals surface area contributed by atoms with Gasteiger partial charge in [-0.1, -0.05) is 11.3 Å². The third-order valence-electron chi connectivity index (χ3n) is 3.73. The van der Waals surface area contributed by atoms with Crippen molar-refractivity contribution < 1.29 is 13.6 Å². The summed E-state index contributed by atoms with van der Waals surface area (Å²) in [6, 6.07) is 7.24. The number of thiazole rings is 1. The van der Waals surface area contributed by atoms with E-state index < -0.39 is 0 Å². The number of hydrogen-bond donors (Lipinski definition) is 0. The number of aromatic nitrogens is 1. The third kappa shape index (κ3) is 3.86. The molecule has 3 aromatic rings. The summed E-state index contributed by atoms with van der Waals surface area (Å²) in [5.74, 6) is 1.36. The van der Waals surface area contributed by atoms with Gasteiger partial charge in [-0.2, -0.15) is 0 Å². The van der Waals surface area contributed by atoms with Gasteiger partial charge < -0.3 is 18.3 Å². The molecule has 0 unspecified atom stereocenters. The lowest BCUT2D eigenvalue weighted by Crippen LogP contribution is -2.31. The second-order valence-corrected chi connectivity index (χ2v) is 6.27. The molecule has 1 amide bonds. The minimum absolute atomic E-state index is 0.0380. The molecular formula is C17H18N2O4S. The van der Waals surface area contributed by atoms with Crippen LogP contribution in [0.2, 0.25) is 0 Å². The number of carbonyl (C=O) groups is 1. The van der Waals surface area contributed by atoms with Crippen LogP contribution in [0.5, 0.6) is 0 Å². The topological polar surface area (TPSA) is 68.6 Å². The van der Waals surface area contributed by atoms with E-state index in [1.165, 1.54) is 0 Å². The number of furan rings is 2. The fourth-order valence-electron chi connectivity index (χ4n) is 2.45. The third-order valence-corrected chi connectivity index (χ3v) is 4.61. The Balaban J connectivity index is 1.69. The fourth-order valence-corrected chi connectivity index (χ4v) is 3.21. The number of rotatable bonds is 7. The van der Waals surface area contributed by atoms with Crippen LogP contribution in [0.15, 0.2) is 55.8 Å². The van der Waals surface area contributed by atoms with Crippen molar-refractivity contribution >= 4 is 17.2 Å². The second-order valence-electron chi connectivity index (χ2n) is 5.45. The molecule has 0 saturated heterocycles. The molecule has 0 aliphatic rings. The maximum absolute atomic E-state index is 12.6. The van der Waals surface area contributed by atoms with Crippen molar-refractivity contribution in [2.75, 3.05) is 0 Å². The van der Waals surface area contributed by atoms with E-state index in [1.807, 2.05) is 19.1 Å². The highest BCUT2D eigenvalue weighted by Gasteiger charge is 2.18. The van der Waals surface area contributed by atoms with E-state index in [2.05, 4.69) is 0 Å². The van der Waals surface area contributed by atoms with Crippen LogP contribution >= 0.6 is 11.3 Å². The normalized spacial score (nSPS) is 10.9. The highest BCUT2D eigenvalue weighted by atomic mass is 32.1. The van der Waals surface area contributed by atoms with Crippen molar-refractivity contribution in [1.29, 1.82) is 0 Å². The molecule has 3 aromatic heterocycles. The van der Waals surface area contributed by atoms with Crippen LogP contribution in [0.4, 0.5) is 0 Å². The van der Waals surface area contributed by atoms with E-state index in [9.17, 15) is 9.59 Å². The van der Waals surface area contributed by atoms with Crippen molar-refractivity contribution in [3.63, 3.8) is 0 Å². The zero-order valence-corrected chi connectivity index (χ0v) is 14.1. The van der Waals surface area contributed by atoms with Crippen LogP contribution < -0.4 is 4.87 Å². The molecule has 6 nitrogen and oxygen atoms in total. The van der Waals surface area contributed by atoms with Gasteiger partial charge in [-0.3, -0.25) is 9.59 Å². The molecule has 0 aliphatic heterocycles. The van der Waals surface area contributed by atoms with E-state index in [1.54, 1.807) is 39.5 Å². The SMILES string of the molecule is Cc1csc(=O)n1CCC(=O)N(Cc1ccco1)Cc1ccco1. The first-order valence-electron chi connectivity index (χ1n) is 7.61. The summed E-state index contributed by atoms with van der Waals surface area (Å²) in [7, 11) is 0.